The number of aromatic nitrogens is 2. The van der Waals surface area contributed by atoms with E-state index in [0.29, 0.717) is 53.8 Å². The van der Waals surface area contributed by atoms with Crippen molar-refractivity contribution in [2.24, 2.45) is 11.3 Å². The SMILES string of the molecule is COc1ccc(N2CCCN(Cc3ccnc4c3c(Cl)cn4CC(=O)N(C)C)C2=O)cc1OCCC1CC12CC2. The van der Waals surface area contributed by atoms with E-state index in [1.807, 2.05) is 29.2 Å². The topological polar surface area (TPSA) is 80.1 Å². The first-order valence-electron chi connectivity index (χ1n) is 14.0. The van der Waals surface area contributed by atoms with E-state index in [1.165, 1.54) is 24.2 Å². The normalized spacial score (nSPS) is 19.3. The molecule has 1 atom stereocenters. The highest BCUT2D eigenvalue weighted by Crippen LogP contribution is 2.71. The number of fused-ring (bicyclic) bond motifs is 1. The van der Waals surface area contributed by atoms with Crippen LogP contribution in [0.1, 0.15) is 37.7 Å². The Morgan fingerprint density at radius 1 is 1.20 bits per heavy atom. The summed E-state index contributed by atoms with van der Waals surface area (Å²) < 4.78 is 13.5. The summed E-state index contributed by atoms with van der Waals surface area (Å²) >= 11 is 6.63. The molecule has 212 valence electrons. The van der Waals surface area contributed by atoms with Gasteiger partial charge in [-0.1, -0.05) is 11.6 Å². The molecular weight excluding hydrogens is 530 g/mol. The summed E-state index contributed by atoms with van der Waals surface area (Å²) in [5.74, 6) is 2.10. The standard InChI is InChI=1S/C30H36ClN5O4/c1-33(2)26(37)19-35-18-23(31)27-20(7-11-32-28(27)35)17-34-12-4-13-36(29(34)38)22-5-6-24(39-3)25(15-22)40-14-8-21-16-30(21)9-10-30/h5-7,11,15,18,21H,4,8-10,12-14,16-17,19H2,1-3H3. The maximum absolute atomic E-state index is 13.7. The molecule has 2 saturated carbocycles. The third-order valence-corrected chi connectivity index (χ3v) is 8.99. The van der Waals surface area contributed by atoms with Crippen LogP contribution in [0.15, 0.2) is 36.7 Å². The number of hydrogen-bond donors (Lipinski definition) is 0. The van der Waals surface area contributed by atoms with E-state index in [1.54, 1.807) is 43.1 Å². The highest BCUT2D eigenvalue weighted by molar-refractivity contribution is 6.35. The molecule has 3 fully saturated rings. The van der Waals surface area contributed by atoms with Gasteiger partial charge in [0.25, 0.3) is 0 Å². The first-order valence-corrected chi connectivity index (χ1v) is 14.4. The van der Waals surface area contributed by atoms with E-state index in [2.05, 4.69) is 4.98 Å². The van der Waals surface area contributed by atoms with Crippen LogP contribution in [0.5, 0.6) is 11.5 Å². The molecule has 0 bridgehead atoms. The first-order chi connectivity index (χ1) is 19.3. The Labute approximate surface area is 239 Å². The van der Waals surface area contributed by atoms with Crippen molar-refractivity contribution in [3.8, 4) is 11.5 Å². The Balaban J connectivity index is 1.18. The second-order valence-electron chi connectivity index (χ2n) is 11.5. The molecule has 10 heteroatoms. The fraction of sp³-hybridized carbons (Fsp3) is 0.500. The Morgan fingerprint density at radius 2 is 2.02 bits per heavy atom. The lowest BCUT2D eigenvalue weighted by atomic mass is 10.1. The van der Waals surface area contributed by atoms with Crippen LogP contribution >= 0.6 is 11.6 Å². The third-order valence-electron chi connectivity index (χ3n) is 8.71. The van der Waals surface area contributed by atoms with Crippen molar-refractivity contribution in [3.63, 3.8) is 0 Å². The summed E-state index contributed by atoms with van der Waals surface area (Å²) in [6.07, 6.45) is 9.44. The molecule has 3 amide bonds. The molecule has 2 aliphatic carbocycles. The lowest BCUT2D eigenvalue weighted by Crippen LogP contribution is -2.49. The van der Waals surface area contributed by atoms with Crippen LogP contribution in [0.4, 0.5) is 10.5 Å². The van der Waals surface area contributed by atoms with Crippen molar-refractivity contribution in [1.82, 2.24) is 19.4 Å². The van der Waals surface area contributed by atoms with Gasteiger partial charge in [0.05, 0.1) is 18.7 Å². The monoisotopic (exact) mass is 565 g/mol. The zero-order chi connectivity index (χ0) is 28.0. The van der Waals surface area contributed by atoms with Gasteiger partial charge in [-0.15, -0.1) is 0 Å². The molecule has 3 aliphatic rings. The number of hydrogen-bond acceptors (Lipinski definition) is 5. The molecule has 1 unspecified atom stereocenters. The van der Waals surface area contributed by atoms with Crippen LogP contribution in [0.3, 0.4) is 0 Å². The zero-order valence-corrected chi connectivity index (χ0v) is 24.1. The minimum absolute atomic E-state index is 0.0511. The molecule has 1 aromatic carbocycles. The molecule has 1 spiro atoms. The molecule has 0 N–H and O–H groups in total. The van der Waals surface area contributed by atoms with Crippen LogP contribution in [-0.4, -0.2) is 72.2 Å². The maximum atomic E-state index is 13.7. The first kappa shape index (κ1) is 26.7. The van der Waals surface area contributed by atoms with Gasteiger partial charge in [-0.2, -0.15) is 0 Å². The van der Waals surface area contributed by atoms with Gasteiger partial charge in [0.2, 0.25) is 5.91 Å². The lowest BCUT2D eigenvalue weighted by molar-refractivity contribution is -0.129. The zero-order valence-electron chi connectivity index (χ0n) is 23.4. The van der Waals surface area contributed by atoms with Gasteiger partial charge >= 0.3 is 6.03 Å². The van der Waals surface area contributed by atoms with E-state index < -0.39 is 0 Å². The summed E-state index contributed by atoms with van der Waals surface area (Å²) in [6.45, 7) is 2.46. The lowest BCUT2D eigenvalue weighted by Gasteiger charge is -2.36. The van der Waals surface area contributed by atoms with Gasteiger partial charge in [-0.25, -0.2) is 9.78 Å². The van der Waals surface area contributed by atoms with E-state index in [4.69, 9.17) is 21.1 Å². The molecule has 9 nitrogen and oxygen atoms in total. The number of halogens is 1. The highest BCUT2D eigenvalue weighted by atomic mass is 35.5. The highest BCUT2D eigenvalue weighted by Gasteiger charge is 2.61. The number of nitrogens with zero attached hydrogens (tertiary/aromatic N) is 5. The minimum Gasteiger partial charge on any atom is -0.493 e. The van der Waals surface area contributed by atoms with Crippen molar-refractivity contribution in [2.75, 3.05) is 45.8 Å². The molecule has 1 aliphatic heterocycles. The number of benzene rings is 1. The number of urea groups is 1. The summed E-state index contributed by atoms with van der Waals surface area (Å²) in [5, 5.41) is 1.28. The van der Waals surface area contributed by atoms with E-state index in [-0.39, 0.29) is 18.5 Å². The van der Waals surface area contributed by atoms with Crippen molar-refractivity contribution in [2.45, 2.75) is 45.2 Å². The number of amides is 3. The number of ether oxygens (including phenoxy) is 2. The fourth-order valence-corrected chi connectivity index (χ4v) is 6.34. The number of methoxy groups -OCH3 is 1. The largest absolute Gasteiger partial charge is 0.493 e. The molecule has 1 saturated heterocycles. The van der Waals surface area contributed by atoms with Crippen LogP contribution < -0.4 is 14.4 Å². The molecule has 2 aromatic heterocycles. The molecule has 3 heterocycles. The summed E-state index contributed by atoms with van der Waals surface area (Å²) in [7, 11) is 5.08. The molecular formula is C30H36ClN5O4. The van der Waals surface area contributed by atoms with Gasteiger partial charge in [0.15, 0.2) is 11.5 Å². The summed E-state index contributed by atoms with van der Waals surface area (Å²) in [6, 6.07) is 7.53. The van der Waals surface area contributed by atoms with Gasteiger partial charge in [0, 0.05) is 63.3 Å². The number of pyridine rings is 1. The van der Waals surface area contributed by atoms with Gasteiger partial charge in [-0.05, 0) is 67.2 Å². The number of likely N-dealkylation sites (N-methyl/N-ethyl adjacent to an activating group) is 1. The molecule has 0 radical (unpaired) electrons. The van der Waals surface area contributed by atoms with Crippen LogP contribution in [0.25, 0.3) is 11.0 Å². The third kappa shape index (κ3) is 5.07. The Hall–Kier alpha value is -3.46. The molecule has 3 aromatic rings. The van der Waals surface area contributed by atoms with E-state index in [9.17, 15) is 9.59 Å². The minimum atomic E-state index is -0.0701. The number of carbonyl (C=O) groups is 2. The predicted molar refractivity (Wildman–Crippen MR) is 154 cm³/mol. The van der Waals surface area contributed by atoms with E-state index >= 15 is 0 Å². The second-order valence-corrected chi connectivity index (χ2v) is 11.9. The Morgan fingerprint density at radius 3 is 2.75 bits per heavy atom. The predicted octanol–water partition coefficient (Wildman–Crippen LogP) is 5.19. The van der Waals surface area contributed by atoms with Gasteiger partial charge < -0.3 is 23.8 Å². The fourth-order valence-electron chi connectivity index (χ4n) is 6.01. The molecule has 40 heavy (non-hydrogen) atoms. The van der Waals surface area contributed by atoms with E-state index in [0.717, 1.165) is 35.4 Å². The number of carbonyl (C=O) groups excluding carboxylic acids is 2. The van der Waals surface area contributed by atoms with Crippen molar-refractivity contribution < 1.29 is 19.1 Å². The average Bonchev–Trinajstić information content (AvgIpc) is 3.84. The van der Waals surface area contributed by atoms with Crippen LogP contribution in [0, 0.1) is 11.3 Å². The van der Waals surface area contributed by atoms with Gasteiger partial charge in [0.1, 0.15) is 12.2 Å². The van der Waals surface area contributed by atoms with Crippen LogP contribution in [0.2, 0.25) is 5.02 Å². The average molecular weight is 566 g/mol. The van der Waals surface area contributed by atoms with Crippen molar-refractivity contribution >= 4 is 40.3 Å². The second kappa shape index (κ2) is 10.5. The van der Waals surface area contributed by atoms with Crippen molar-refractivity contribution in [3.05, 3.63) is 47.2 Å². The number of anilines is 1. The smallest absolute Gasteiger partial charge is 0.324 e. The summed E-state index contributed by atoms with van der Waals surface area (Å²) in [4.78, 5) is 35.7. The van der Waals surface area contributed by atoms with Crippen molar-refractivity contribution in [1.29, 1.82) is 0 Å². The van der Waals surface area contributed by atoms with Crippen LogP contribution in [-0.2, 0) is 17.9 Å². The summed E-state index contributed by atoms with van der Waals surface area (Å²) in [5.41, 5.74) is 2.99. The maximum Gasteiger partial charge on any atom is 0.324 e. The Bertz CT molecular complexity index is 1450. The quantitative estimate of drug-likeness (QED) is 0.338. The van der Waals surface area contributed by atoms with Gasteiger partial charge in [-0.3, -0.25) is 9.69 Å². The molecule has 6 rings (SSSR count). The number of rotatable bonds is 10. The Kier molecular flexibility index (Phi) is 7.02.